The Balaban J connectivity index is 0.957. The molecule has 2 aromatic heterocycles. The molecule has 2 aliphatic rings. The van der Waals surface area contributed by atoms with Gasteiger partial charge in [0, 0.05) is 77.9 Å². The van der Waals surface area contributed by atoms with E-state index in [4.69, 9.17) is 0 Å². The minimum Gasteiger partial charge on any atom is -0.310 e. The van der Waals surface area contributed by atoms with Gasteiger partial charge in [0.2, 0.25) is 0 Å². The molecular weight excluding hydrogens is 1440 g/mol. The van der Waals surface area contributed by atoms with Crippen LogP contribution in [-0.2, 0) is 10.8 Å². The first-order valence-corrected chi connectivity index (χ1v) is 40.5. The van der Waals surface area contributed by atoms with Gasteiger partial charge in [0.15, 0.2) is 0 Å². The fourth-order valence-corrected chi connectivity index (χ4v) is 18.7. The molecule has 23 rings (SSSR count). The number of fused-ring (bicyclic) bond motifs is 16. The normalized spacial score (nSPS) is 14.6. The number of nitrogens with zero attached hydrogens (tertiary/aromatic N) is 4. The van der Waals surface area contributed by atoms with E-state index in [1.54, 1.807) is 57.7 Å². The molecule has 2 aliphatic heterocycles. The molecule has 0 saturated heterocycles. The summed E-state index contributed by atoms with van der Waals surface area (Å²) >= 11 is 0. The van der Waals surface area contributed by atoms with Crippen molar-refractivity contribution >= 4 is 144 Å². The highest BCUT2D eigenvalue weighted by atomic mass is 15.2. The first-order chi connectivity index (χ1) is 65.0. The second-order valence-corrected chi connectivity index (χ2v) is 33.4. The van der Waals surface area contributed by atoms with Crippen molar-refractivity contribution in [1.29, 1.82) is 0 Å². The Morgan fingerprint density at radius 2 is 0.622 bits per heavy atom. The van der Waals surface area contributed by atoms with Crippen LogP contribution in [-0.4, -0.2) is 15.8 Å². The minimum absolute atomic E-state index is 0.0137. The number of anilines is 6. The van der Waals surface area contributed by atoms with E-state index in [-0.39, 0.29) is 109 Å². The summed E-state index contributed by atoms with van der Waals surface area (Å²) in [5, 5.41) is 7.64. The standard InChI is InChI=1S/C114H83BN4/c1-113(2,3)80-66-96(74-36-15-9-16-37-74)112(97(67-80)75-38-17-10-18-39-75)119-107-71-83(117-103-53-30-28-49-91(103)93-59-55-77(65-105(93)117)73-34-13-8-14-35-73)57-61-101(107)115-100-60-56-82(116-102-52-29-27-48-90(102)92-58-54-76(64-104(92)116)72-32-11-7-12-33-72)70-106(100)118(108-68-81(114(4,5)6)69-109(119)110(108)115)111-94(98-62-78-40-19-21-42-84(78)86-44-23-25-46-88(86)98)50-31-51-95(111)99-63-79-41-20-22-43-85(79)87-45-24-26-47-89(87)99/h7-71H,1-6H3/i27D,28D,29D,30D,48D,49D,52D,53D,54D,55D,58D,59D,64D,65D,68D,69D. The van der Waals surface area contributed by atoms with Crippen LogP contribution in [0.25, 0.3) is 165 Å². The van der Waals surface area contributed by atoms with Crippen molar-refractivity contribution in [3.63, 3.8) is 0 Å². The monoisotopic (exact) mass is 1530 g/mol. The Morgan fingerprint density at radius 3 is 1.05 bits per heavy atom. The lowest BCUT2D eigenvalue weighted by Crippen LogP contribution is -2.61. The average Bonchev–Trinajstić information content (AvgIpc) is 1.07. The molecule has 0 spiro atoms. The van der Waals surface area contributed by atoms with Crippen molar-refractivity contribution in [2.24, 2.45) is 0 Å². The van der Waals surface area contributed by atoms with Crippen molar-refractivity contribution in [3.8, 4) is 78.1 Å². The SMILES string of the molecule is [2H]c1c2c3c(c([2H])c1C(C)(C)C)N(c1c(-c4cc5ccccc5c5ccccc45)cccc1-c1cc4ccccc4c4ccccc14)c1cc(-n4c5c([2H])c([2H])c([2H])c([2H])c5c5c([2H])c([2H])c(-c6ccccc6)c([2H])c54)ccc1B3c1ccc(-n3c4c([2H])c([2H])c([2H])c([2H])c4c4c([2H])c([2H])c(-c5ccccc5)c([2H])c43)cc1N2c1c(-c2ccccc2)cc(C(C)(C)C)cc1-c1ccccc1. The molecule has 0 atom stereocenters. The van der Waals surface area contributed by atoms with Gasteiger partial charge in [-0.05, 0) is 211 Å². The average molecular weight is 1540 g/mol. The second kappa shape index (κ2) is 27.0. The van der Waals surface area contributed by atoms with Gasteiger partial charge in [0.25, 0.3) is 6.71 Å². The number of rotatable bonds is 10. The van der Waals surface area contributed by atoms with Gasteiger partial charge in [0.05, 0.1) is 55.4 Å². The number of hydrogen-bond donors (Lipinski definition) is 0. The smallest absolute Gasteiger partial charge is 0.252 e. The van der Waals surface area contributed by atoms with Gasteiger partial charge in [-0.25, -0.2) is 0 Å². The molecule has 562 valence electrons. The van der Waals surface area contributed by atoms with Crippen molar-refractivity contribution in [3.05, 3.63) is 405 Å². The summed E-state index contributed by atoms with van der Waals surface area (Å²) in [5.74, 6) is 0. The van der Waals surface area contributed by atoms with E-state index in [9.17, 15) is 21.9 Å². The van der Waals surface area contributed by atoms with Gasteiger partial charge in [-0.15, -0.1) is 0 Å². The Labute approximate surface area is 716 Å². The van der Waals surface area contributed by atoms with Crippen LogP contribution < -0.4 is 26.2 Å². The Bertz CT molecular complexity index is 8590. The van der Waals surface area contributed by atoms with Gasteiger partial charge in [-0.3, -0.25) is 0 Å². The van der Waals surface area contributed by atoms with Gasteiger partial charge in [-0.1, -0.05) is 351 Å². The van der Waals surface area contributed by atoms with Crippen LogP contribution >= 0.6 is 0 Å². The highest BCUT2D eigenvalue weighted by Gasteiger charge is 2.47. The maximum Gasteiger partial charge on any atom is 0.252 e. The summed E-state index contributed by atoms with van der Waals surface area (Å²) in [5.41, 5.74) is 12.6. The molecule has 0 N–H and O–H groups in total. The van der Waals surface area contributed by atoms with Crippen LogP contribution in [0.3, 0.4) is 0 Å². The topological polar surface area (TPSA) is 16.3 Å². The third-order valence-electron chi connectivity index (χ3n) is 24.3. The third-order valence-corrected chi connectivity index (χ3v) is 24.3. The molecule has 0 fully saturated rings. The Morgan fingerprint density at radius 1 is 0.252 bits per heavy atom. The molecule has 0 radical (unpaired) electrons. The van der Waals surface area contributed by atoms with Crippen LogP contribution in [0.4, 0.5) is 34.1 Å². The largest absolute Gasteiger partial charge is 0.310 e. The molecule has 5 heteroatoms. The Kier molecular flexibility index (Phi) is 12.5. The molecule has 4 nitrogen and oxygen atoms in total. The van der Waals surface area contributed by atoms with E-state index in [0.29, 0.717) is 72.9 Å². The van der Waals surface area contributed by atoms with Crippen molar-refractivity contribution < 1.29 is 21.9 Å². The molecule has 4 heterocycles. The lowest BCUT2D eigenvalue weighted by Gasteiger charge is -2.46. The van der Waals surface area contributed by atoms with Crippen LogP contribution in [0, 0.1) is 0 Å². The molecule has 0 saturated carbocycles. The lowest BCUT2D eigenvalue weighted by atomic mass is 9.33. The van der Waals surface area contributed by atoms with Gasteiger partial charge in [0.1, 0.15) is 0 Å². The van der Waals surface area contributed by atoms with E-state index >= 15 is 0 Å². The summed E-state index contributed by atoms with van der Waals surface area (Å²) < 4.78 is 167. The molecule has 0 unspecified atom stereocenters. The van der Waals surface area contributed by atoms with Crippen molar-refractivity contribution in [2.45, 2.75) is 52.4 Å². The summed E-state index contributed by atoms with van der Waals surface area (Å²) in [6.45, 7) is 11.6. The molecule has 0 amide bonds. The zero-order valence-corrected chi connectivity index (χ0v) is 66.2. The van der Waals surface area contributed by atoms with Crippen LogP contribution in [0.2, 0.25) is 0 Å². The first-order valence-electron chi connectivity index (χ1n) is 48.5. The maximum absolute atomic E-state index is 12.1. The van der Waals surface area contributed by atoms with E-state index in [1.807, 2.05) is 118 Å². The first kappa shape index (κ1) is 55.1. The molecule has 21 aromatic rings. The lowest BCUT2D eigenvalue weighted by molar-refractivity contribution is 0.590. The van der Waals surface area contributed by atoms with Crippen LogP contribution in [0.15, 0.2) is 394 Å². The maximum atomic E-state index is 12.1. The van der Waals surface area contributed by atoms with Crippen molar-refractivity contribution in [2.75, 3.05) is 9.80 Å². The van der Waals surface area contributed by atoms with Crippen LogP contribution in [0.5, 0.6) is 0 Å². The fraction of sp³-hybridized carbons (Fsp3) is 0.0702. The van der Waals surface area contributed by atoms with E-state index in [1.165, 1.54) is 0 Å². The predicted octanol–water partition coefficient (Wildman–Crippen LogP) is 29.2. The zero-order valence-electron chi connectivity index (χ0n) is 82.2. The van der Waals surface area contributed by atoms with Gasteiger partial charge >= 0.3 is 0 Å². The molecule has 0 aliphatic carbocycles. The van der Waals surface area contributed by atoms with E-state index in [2.05, 4.69) is 182 Å². The van der Waals surface area contributed by atoms with Gasteiger partial charge in [-0.2, -0.15) is 0 Å². The quantitative estimate of drug-likeness (QED) is 0.100. The fourth-order valence-electron chi connectivity index (χ4n) is 18.7. The second-order valence-electron chi connectivity index (χ2n) is 33.4. The number of hydrogen-bond acceptors (Lipinski definition) is 2. The molecule has 19 aromatic carbocycles. The Hall–Kier alpha value is -14.5. The number of aromatic nitrogens is 2. The highest BCUT2D eigenvalue weighted by Crippen LogP contribution is 2.57. The van der Waals surface area contributed by atoms with Crippen LogP contribution in [0.1, 0.15) is 74.6 Å². The van der Waals surface area contributed by atoms with E-state index in [0.717, 1.165) is 93.2 Å². The predicted molar refractivity (Wildman–Crippen MR) is 509 cm³/mol. The number of benzene rings is 19. The molecule has 0 bridgehead atoms. The highest BCUT2D eigenvalue weighted by molar-refractivity contribution is 7.00. The molecular formula is C114H83BN4. The van der Waals surface area contributed by atoms with E-state index < -0.39 is 65.9 Å². The zero-order chi connectivity index (χ0) is 93.4. The third kappa shape index (κ3) is 11.1. The van der Waals surface area contributed by atoms with Gasteiger partial charge < -0.3 is 18.9 Å². The van der Waals surface area contributed by atoms with Crippen molar-refractivity contribution in [1.82, 2.24) is 9.13 Å². The minimum atomic E-state index is -1.07. The summed E-state index contributed by atoms with van der Waals surface area (Å²) in [6.07, 6.45) is 0. The summed E-state index contributed by atoms with van der Waals surface area (Å²) in [7, 11) is 0. The molecule has 119 heavy (non-hydrogen) atoms. The number of para-hydroxylation sites is 3. The summed E-state index contributed by atoms with van der Waals surface area (Å²) in [6, 6.07) is 93.2. The summed E-state index contributed by atoms with van der Waals surface area (Å²) in [4.78, 5) is 4.42.